The molecule has 13 aromatic rings. The van der Waals surface area contributed by atoms with E-state index in [1.165, 1.54) is 110 Å². The van der Waals surface area contributed by atoms with E-state index in [2.05, 4.69) is 229 Å². The second-order valence-electron chi connectivity index (χ2n) is 17.7. The monoisotopic (exact) mass is 839 g/mol. The smallest absolute Gasteiger partial charge is 0.136 e. The minimum atomic E-state index is 0.890. The van der Waals surface area contributed by atoms with E-state index in [9.17, 15) is 0 Å². The van der Waals surface area contributed by atoms with E-state index < -0.39 is 0 Å². The van der Waals surface area contributed by atoms with Crippen molar-refractivity contribution in [2.24, 2.45) is 0 Å². The van der Waals surface area contributed by atoms with Crippen molar-refractivity contribution in [1.29, 1.82) is 0 Å². The van der Waals surface area contributed by atoms with Gasteiger partial charge in [-0.1, -0.05) is 182 Å². The molecule has 2 heterocycles. The minimum Gasteiger partial charge on any atom is -0.456 e. The molecule has 2 heteroatoms. The zero-order valence-corrected chi connectivity index (χ0v) is 36.1. The molecule has 0 aliphatic heterocycles. The van der Waals surface area contributed by atoms with Crippen LogP contribution >= 0.6 is 0 Å². The van der Waals surface area contributed by atoms with Gasteiger partial charge in [-0.3, -0.25) is 0 Å². The predicted molar refractivity (Wildman–Crippen MR) is 280 cm³/mol. The molecule has 0 bridgehead atoms. The minimum absolute atomic E-state index is 0.890. The number of furan rings is 1. The summed E-state index contributed by atoms with van der Waals surface area (Å²) in [5, 5.41) is 12.2. The van der Waals surface area contributed by atoms with Crippen LogP contribution < -0.4 is 0 Å². The fraction of sp³-hybridized carbons (Fsp3) is 0.0312. The first-order valence-electron chi connectivity index (χ1n) is 23.1. The number of allylic oxidation sites excluding steroid dienone is 1. The lowest BCUT2D eigenvalue weighted by Crippen LogP contribution is -2.02. The number of rotatable bonds is 5. The van der Waals surface area contributed by atoms with Crippen molar-refractivity contribution in [2.45, 2.75) is 12.8 Å². The normalized spacial score (nSPS) is 12.7. The molecular weight excluding hydrogens is 799 g/mol. The van der Waals surface area contributed by atoms with Crippen LogP contribution in [0.15, 0.2) is 223 Å². The third-order valence-corrected chi connectivity index (χ3v) is 14.2. The molecule has 0 saturated carbocycles. The number of hydrogen-bond donors (Lipinski definition) is 0. The molecule has 11 aromatic carbocycles. The zero-order valence-electron chi connectivity index (χ0n) is 36.1. The van der Waals surface area contributed by atoms with Crippen LogP contribution in [0.4, 0.5) is 0 Å². The highest BCUT2D eigenvalue weighted by Gasteiger charge is 2.25. The zero-order chi connectivity index (χ0) is 43.3. The van der Waals surface area contributed by atoms with Crippen LogP contribution in [-0.2, 0) is 6.42 Å². The molecule has 0 amide bonds. The van der Waals surface area contributed by atoms with E-state index >= 15 is 0 Å². The van der Waals surface area contributed by atoms with E-state index in [4.69, 9.17) is 4.42 Å². The van der Waals surface area contributed by atoms with Gasteiger partial charge >= 0.3 is 0 Å². The Balaban J connectivity index is 1.04. The molecule has 308 valence electrons. The summed E-state index contributed by atoms with van der Waals surface area (Å²) in [6.07, 6.45) is 6.76. The SMILES string of the molecule is C1=Cc2c(c(-c3ccccc3)c3ccccc3c2-c2ccc3oc4cccc(-c5c6ccccc6c(-c6cccc7c6c6ccccc6n7-c6ccccc6)c6ccccc56)c4c3c2)CC1. The second-order valence-corrected chi connectivity index (χ2v) is 17.7. The number of nitrogens with zero attached hydrogens (tertiary/aromatic N) is 1. The van der Waals surface area contributed by atoms with E-state index in [1.807, 2.05) is 0 Å². The van der Waals surface area contributed by atoms with Gasteiger partial charge in [-0.15, -0.1) is 0 Å². The lowest BCUT2D eigenvalue weighted by molar-refractivity contribution is 0.669. The van der Waals surface area contributed by atoms with Crippen molar-refractivity contribution in [1.82, 2.24) is 4.57 Å². The summed E-state index contributed by atoms with van der Waals surface area (Å²) in [6.45, 7) is 0. The maximum absolute atomic E-state index is 6.81. The molecule has 0 atom stereocenters. The van der Waals surface area contributed by atoms with E-state index in [0.717, 1.165) is 40.5 Å². The standard InChI is InChI=1S/C64H41NO/c1-3-19-40(20-4-1)59-43-23-7-9-25-45(43)60(46-26-10-8-24-44(46)59)41-37-38-57-54(39-41)64-53(33-18-36-58(64)66-57)62-49-29-13-11-27-47(49)61(48-28-12-14-30-50(48)62)52-32-17-35-56-63(52)51-31-15-16-34-55(51)65(56)42-21-5-2-6-22-42/h1-7,9-23,25-39H,8,24H2. The van der Waals surface area contributed by atoms with Crippen LogP contribution in [0.25, 0.3) is 132 Å². The van der Waals surface area contributed by atoms with Crippen molar-refractivity contribution >= 4 is 82.1 Å². The Morgan fingerprint density at radius 1 is 0.364 bits per heavy atom. The number of aromatic nitrogens is 1. The number of benzene rings is 11. The molecule has 0 unspecified atom stereocenters. The van der Waals surface area contributed by atoms with Crippen LogP contribution in [0, 0.1) is 0 Å². The third kappa shape index (κ3) is 5.36. The Kier molecular flexibility index (Phi) is 8.14. The average Bonchev–Trinajstić information content (AvgIpc) is 3.94. The highest BCUT2D eigenvalue weighted by atomic mass is 16.3. The highest BCUT2D eigenvalue weighted by Crippen LogP contribution is 2.51. The Morgan fingerprint density at radius 3 is 1.59 bits per heavy atom. The van der Waals surface area contributed by atoms with E-state index in [-0.39, 0.29) is 0 Å². The van der Waals surface area contributed by atoms with Gasteiger partial charge in [0.2, 0.25) is 0 Å². The molecular formula is C64H41NO. The van der Waals surface area contributed by atoms with Crippen LogP contribution in [0.5, 0.6) is 0 Å². The third-order valence-electron chi connectivity index (χ3n) is 14.2. The van der Waals surface area contributed by atoms with Crippen LogP contribution in [0.2, 0.25) is 0 Å². The molecule has 1 aliphatic carbocycles. The largest absolute Gasteiger partial charge is 0.456 e. The maximum atomic E-state index is 6.81. The quantitative estimate of drug-likeness (QED) is 0.158. The van der Waals surface area contributed by atoms with Crippen LogP contribution in [0.1, 0.15) is 17.5 Å². The summed E-state index contributed by atoms with van der Waals surface area (Å²) in [5.41, 5.74) is 18.1. The molecule has 0 fully saturated rings. The van der Waals surface area contributed by atoms with Gasteiger partial charge in [0, 0.05) is 27.2 Å². The molecule has 0 spiro atoms. The summed E-state index contributed by atoms with van der Waals surface area (Å²) >= 11 is 0. The predicted octanol–water partition coefficient (Wildman–Crippen LogP) is 17.8. The molecule has 1 aliphatic rings. The Hall–Kier alpha value is -8.46. The highest BCUT2D eigenvalue weighted by molar-refractivity contribution is 6.29. The summed E-state index contributed by atoms with van der Waals surface area (Å²) in [5.74, 6) is 0. The van der Waals surface area contributed by atoms with Crippen LogP contribution in [0.3, 0.4) is 0 Å². The van der Waals surface area contributed by atoms with Gasteiger partial charge in [0.15, 0.2) is 0 Å². The van der Waals surface area contributed by atoms with Crippen molar-refractivity contribution < 1.29 is 4.42 Å². The number of fused-ring (bicyclic) bond motifs is 10. The van der Waals surface area contributed by atoms with Crippen molar-refractivity contribution in [3.63, 3.8) is 0 Å². The summed E-state index contributed by atoms with van der Waals surface area (Å²) in [4.78, 5) is 0. The summed E-state index contributed by atoms with van der Waals surface area (Å²) < 4.78 is 9.23. The fourth-order valence-electron chi connectivity index (χ4n) is 11.6. The first-order valence-corrected chi connectivity index (χ1v) is 23.1. The van der Waals surface area contributed by atoms with Crippen molar-refractivity contribution in [3.8, 4) is 50.2 Å². The lowest BCUT2D eigenvalue weighted by Gasteiger charge is -2.23. The lowest BCUT2D eigenvalue weighted by atomic mass is 9.80. The fourth-order valence-corrected chi connectivity index (χ4v) is 11.6. The first kappa shape index (κ1) is 37.0. The molecule has 0 saturated heterocycles. The Labute approximate surface area is 381 Å². The van der Waals surface area contributed by atoms with Gasteiger partial charge in [0.1, 0.15) is 11.2 Å². The van der Waals surface area contributed by atoms with Gasteiger partial charge in [0.05, 0.1) is 11.0 Å². The van der Waals surface area contributed by atoms with Crippen molar-refractivity contribution in [2.75, 3.05) is 0 Å². The topological polar surface area (TPSA) is 18.1 Å². The number of para-hydroxylation sites is 2. The van der Waals surface area contributed by atoms with Crippen LogP contribution in [-0.4, -0.2) is 4.57 Å². The average molecular weight is 840 g/mol. The molecule has 14 rings (SSSR count). The molecule has 66 heavy (non-hydrogen) atoms. The van der Waals surface area contributed by atoms with Gasteiger partial charge in [-0.25, -0.2) is 0 Å². The Bertz CT molecular complexity index is 4090. The molecule has 0 N–H and O–H groups in total. The van der Waals surface area contributed by atoms with E-state index in [1.54, 1.807) is 0 Å². The van der Waals surface area contributed by atoms with Gasteiger partial charge in [-0.05, 0) is 143 Å². The maximum Gasteiger partial charge on any atom is 0.136 e. The summed E-state index contributed by atoms with van der Waals surface area (Å²) in [7, 11) is 0. The molecule has 2 aromatic heterocycles. The van der Waals surface area contributed by atoms with Gasteiger partial charge in [-0.2, -0.15) is 0 Å². The van der Waals surface area contributed by atoms with Gasteiger partial charge < -0.3 is 8.98 Å². The Morgan fingerprint density at radius 2 is 0.909 bits per heavy atom. The number of hydrogen-bond acceptors (Lipinski definition) is 1. The summed E-state index contributed by atoms with van der Waals surface area (Å²) in [6, 6.07) is 77.9. The van der Waals surface area contributed by atoms with Gasteiger partial charge in [0.25, 0.3) is 0 Å². The van der Waals surface area contributed by atoms with E-state index in [0.29, 0.717) is 0 Å². The second kappa shape index (κ2) is 14.5. The molecule has 2 nitrogen and oxygen atoms in total. The van der Waals surface area contributed by atoms with Crippen molar-refractivity contribution in [3.05, 3.63) is 230 Å². The molecule has 0 radical (unpaired) electrons. The first-order chi connectivity index (χ1) is 32.8.